The summed E-state index contributed by atoms with van der Waals surface area (Å²) in [6.45, 7) is 14.3. The SMILES string of the molecule is CCC(C)CCCCCCCCC(=O)OC[C@H](COP(=O)(O)OC[C@H](O)COP(=O)(O)OC[C@@H](COC(=O)CCCCCCCCCCCCCCCC(C)C)OC(=O)CCCCCCCCCCCCCCCCCCC(C)C)OC(=O)CCCCCCCCCCCCCCCCCCC(C)C. The van der Waals surface area contributed by atoms with Crippen LogP contribution in [0.4, 0.5) is 0 Å². The molecule has 0 fully saturated rings. The second-order valence-corrected chi connectivity index (χ2v) is 35.2. The van der Waals surface area contributed by atoms with Crippen molar-refractivity contribution in [3.8, 4) is 0 Å². The summed E-state index contributed by atoms with van der Waals surface area (Å²) in [5, 5.41) is 10.7. The molecule has 0 aromatic carbocycles. The molecule has 0 aromatic rings. The fraction of sp³-hybridized carbons (Fsp3) is 0.953. The molecule has 19 heteroatoms. The Bertz CT molecular complexity index is 2030. The van der Waals surface area contributed by atoms with E-state index in [1.54, 1.807) is 0 Å². The van der Waals surface area contributed by atoms with E-state index in [0.717, 1.165) is 120 Å². The van der Waals surface area contributed by atoms with E-state index in [1.165, 1.54) is 238 Å². The van der Waals surface area contributed by atoms with Crippen LogP contribution in [0.1, 0.15) is 441 Å². The lowest BCUT2D eigenvalue weighted by atomic mass is 10.00. The lowest BCUT2D eigenvalue weighted by Crippen LogP contribution is -2.30. The minimum Gasteiger partial charge on any atom is -0.462 e. The third kappa shape index (κ3) is 76.8. The number of rotatable bonds is 82. The molecule has 3 N–H and O–H groups in total. The van der Waals surface area contributed by atoms with Gasteiger partial charge in [0.1, 0.15) is 19.3 Å². The number of phosphoric ester groups is 2. The van der Waals surface area contributed by atoms with Crippen molar-refractivity contribution in [3.05, 3.63) is 0 Å². The zero-order valence-corrected chi connectivity index (χ0v) is 70.5. The summed E-state index contributed by atoms with van der Waals surface area (Å²) >= 11 is 0. The average molecular weight is 1520 g/mol. The topological polar surface area (TPSA) is 237 Å². The maximum absolute atomic E-state index is 13.1. The normalized spacial score (nSPS) is 14.2. The highest BCUT2D eigenvalue weighted by atomic mass is 31.2. The Hall–Kier alpha value is -1.94. The average Bonchev–Trinajstić information content (AvgIpc) is 0.914. The first kappa shape index (κ1) is 102. The molecule has 0 spiro atoms. The fourth-order valence-corrected chi connectivity index (χ4v) is 14.7. The van der Waals surface area contributed by atoms with E-state index < -0.39 is 97.5 Å². The van der Waals surface area contributed by atoms with E-state index in [0.29, 0.717) is 25.7 Å². The van der Waals surface area contributed by atoms with E-state index in [4.69, 9.17) is 37.0 Å². The molecular formula is C85H166O17P2. The Balaban J connectivity index is 5.23. The Kier molecular flexibility index (Phi) is 72.5. The van der Waals surface area contributed by atoms with Gasteiger partial charge in [-0.2, -0.15) is 0 Å². The summed E-state index contributed by atoms with van der Waals surface area (Å²) in [5.74, 6) is 1.03. The Labute approximate surface area is 638 Å². The number of aliphatic hydroxyl groups is 1. The highest BCUT2D eigenvalue weighted by molar-refractivity contribution is 7.47. The number of hydrogen-bond acceptors (Lipinski definition) is 15. The van der Waals surface area contributed by atoms with Crippen molar-refractivity contribution in [2.75, 3.05) is 39.6 Å². The number of carbonyl (C=O) groups is 4. The van der Waals surface area contributed by atoms with Crippen LogP contribution in [0.5, 0.6) is 0 Å². The van der Waals surface area contributed by atoms with Crippen molar-refractivity contribution in [1.29, 1.82) is 0 Å². The third-order valence-electron chi connectivity index (χ3n) is 20.2. The second-order valence-electron chi connectivity index (χ2n) is 32.2. The van der Waals surface area contributed by atoms with Crippen molar-refractivity contribution < 1.29 is 80.2 Å². The molecule has 0 aromatic heterocycles. The molecule has 0 heterocycles. The molecule has 0 aliphatic heterocycles. The van der Waals surface area contributed by atoms with Crippen molar-refractivity contribution in [2.24, 2.45) is 23.7 Å². The molecule has 0 aliphatic rings. The van der Waals surface area contributed by atoms with Crippen LogP contribution in [0, 0.1) is 23.7 Å². The summed E-state index contributed by atoms with van der Waals surface area (Å²) in [6, 6.07) is 0. The lowest BCUT2D eigenvalue weighted by molar-refractivity contribution is -0.161. The van der Waals surface area contributed by atoms with Gasteiger partial charge < -0.3 is 33.8 Å². The van der Waals surface area contributed by atoms with Gasteiger partial charge in [0.25, 0.3) is 0 Å². The summed E-state index contributed by atoms with van der Waals surface area (Å²) < 4.78 is 68.9. The molecule has 0 saturated heterocycles. The minimum absolute atomic E-state index is 0.107. The lowest BCUT2D eigenvalue weighted by Gasteiger charge is -2.21. The molecule has 618 valence electrons. The summed E-state index contributed by atoms with van der Waals surface area (Å²) in [7, 11) is -9.93. The molecule has 0 aliphatic carbocycles. The number of hydrogen-bond donors (Lipinski definition) is 3. The second kappa shape index (κ2) is 73.8. The monoisotopic (exact) mass is 1520 g/mol. The summed E-state index contributed by atoms with van der Waals surface area (Å²) in [6.07, 6.45) is 62.5. The van der Waals surface area contributed by atoms with Crippen LogP contribution in [-0.4, -0.2) is 96.7 Å². The van der Waals surface area contributed by atoms with Gasteiger partial charge in [0.15, 0.2) is 12.2 Å². The van der Waals surface area contributed by atoms with E-state index in [1.807, 2.05) is 0 Å². The predicted octanol–water partition coefficient (Wildman–Crippen LogP) is 25.6. The molecule has 0 bridgehead atoms. The predicted molar refractivity (Wildman–Crippen MR) is 428 cm³/mol. The van der Waals surface area contributed by atoms with Gasteiger partial charge in [0.2, 0.25) is 0 Å². The largest absolute Gasteiger partial charge is 0.472 e. The maximum atomic E-state index is 13.1. The smallest absolute Gasteiger partial charge is 0.462 e. The third-order valence-corrected chi connectivity index (χ3v) is 22.1. The van der Waals surface area contributed by atoms with Gasteiger partial charge in [0, 0.05) is 25.7 Å². The van der Waals surface area contributed by atoms with E-state index in [9.17, 15) is 43.2 Å². The molecule has 104 heavy (non-hydrogen) atoms. The van der Waals surface area contributed by atoms with Crippen molar-refractivity contribution in [3.63, 3.8) is 0 Å². The highest BCUT2D eigenvalue weighted by Crippen LogP contribution is 2.45. The van der Waals surface area contributed by atoms with Crippen LogP contribution in [0.2, 0.25) is 0 Å². The molecular weight excluding hydrogens is 1350 g/mol. The van der Waals surface area contributed by atoms with Gasteiger partial charge in [-0.05, 0) is 49.4 Å². The van der Waals surface area contributed by atoms with E-state index in [-0.39, 0.29) is 25.7 Å². The van der Waals surface area contributed by atoms with Gasteiger partial charge in [-0.25, -0.2) is 9.13 Å². The van der Waals surface area contributed by atoms with Gasteiger partial charge in [-0.3, -0.25) is 37.3 Å². The summed E-state index contributed by atoms with van der Waals surface area (Å²) in [4.78, 5) is 73.2. The summed E-state index contributed by atoms with van der Waals surface area (Å²) in [5.41, 5.74) is 0. The van der Waals surface area contributed by atoms with Crippen LogP contribution in [0.3, 0.4) is 0 Å². The Morgan fingerprint density at radius 1 is 0.269 bits per heavy atom. The number of unbranched alkanes of at least 4 members (excludes halogenated alkanes) is 47. The number of aliphatic hydroxyl groups excluding tert-OH is 1. The zero-order chi connectivity index (χ0) is 76.7. The van der Waals surface area contributed by atoms with Crippen molar-refractivity contribution in [1.82, 2.24) is 0 Å². The van der Waals surface area contributed by atoms with E-state index in [2.05, 4.69) is 55.4 Å². The van der Waals surface area contributed by atoms with Crippen LogP contribution in [0.25, 0.3) is 0 Å². The Morgan fingerprint density at radius 3 is 0.683 bits per heavy atom. The van der Waals surface area contributed by atoms with Crippen LogP contribution >= 0.6 is 15.6 Å². The van der Waals surface area contributed by atoms with Gasteiger partial charge in [0.05, 0.1) is 26.4 Å². The molecule has 17 nitrogen and oxygen atoms in total. The fourth-order valence-electron chi connectivity index (χ4n) is 13.1. The zero-order valence-electron chi connectivity index (χ0n) is 68.7. The Morgan fingerprint density at radius 2 is 0.462 bits per heavy atom. The van der Waals surface area contributed by atoms with Crippen molar-refractivity contribution in [2.45, 2.75) is 459 Å². The quantitative estimate of drug-likeness (QED) is 0.0222. The number of esters is 4. The van der Waals surface area contributed by atoms with E-state index >= 15 is 0 Å². The van der Waals surface area contributed by atoms with Gasteiger partial charge in [-0.1, -0.05) is 389 Å². The maximum Gasteiger partial charge on any atom is 0.472 e. The molecule has 0 radical (unpaired) electrons. The molecule has 0 amide bonds. The molecule has 6 atom stereocenters. The first-order chi connectivity index (χ1) is 50.1. The number of carbonyl (C=O) groups excluding carboxylic acids is 4. The number of ether oxygens (including phenoxy) is 4. The number of phosphoric acid groups is 2. The first-order valence-corrected chi connectivity index (χ1v) is 46.7. The van der Waals surface area contributed by atoms with Crippen molar-refractivity contribution >= 4 is 39.5 Å². The molecule has 0 rings (SSSR count). The standard InChI is InChI=1S/C85H166O17P2/c1-9-78(8)64-56-48-43-44-50-58-66-83(88)96-72-81(102-85(90)68-60-52-42-36-30-23-17-13-11-15-20-26-32-38-46-54-62-76(4)5)74-100-104(93,94)98-70-79(86)69-97-103(91,92)99-73-80(71-95-82(87)65-57-49-40-34-28-24-18-21-27-33-39-47-55-63-77(6)7)101-84(89)67-59-51-41-35-29-22-16-12-10-14-19-25-31-37-45-53-61-75(2)3/h75-81,86H,9-74H2,1-8H3,(H,91,92)(H,93,94)/t78?,79-,80-,81-/m1/s1. The first-order valence-electron chi connectivity index (χ1n) is 43.7. The van der Waals surface area contributed by atoms with Crippen LogP contribution in [-0.2, 0) is 65.4 Å². The minimum atomic E-state index is -4.97. The van der Waals surface area contributed by atoms with Crippen LogP contribution < -0.4 is 0 Å². The highest BCUT2D eigenvalue weighted by Gasteiger charge is 2.30. The van der Waals surface area contributed by atoms with Gasteiger partial charge >= 0.3 is 39.5 Å². The van der Waals surface area contributed by atoms with Gasteiger partial charge in [-0.15, -0.1) is 0 Å². The molecule has 3 unspecified atom stereocenters. The van der Waals surface area contributed by atoms with Crippen LogP contribution in [0.15, 0.2) is 0 Å². The molecule has 0 saturated carbocycles.